The highest BCUT2D eigenvalue weighted by molar-refractivity contribution is 5.83. The van der Waals surface area contributed by atoms with Gasteiger partial charge in [0.2, 0.25) is 0 Å². The van der Waals surface area contributed by atoms with Crippen LogP contribution in [0, 0.1) is 17.2 Å². The number of morpholine rings is 1. The Bertz CT molecular complexity index is 449. The van der Waals surface area contributed by atoms with E-state index in [0.717, 1.165) is 0 Å². The maximum Gasteiger partial charge on any atom is 0.410 e. The first-order valence-corrected chi connectivity index (χ1v) is 7.30. The van der Waals surface area contributed by atoms with Crippen molar-refractivity contribution in [1.82, 2.24) is 4.90 Å². The molecule has 2 heterocycles. The fourth-order valence-electron chi connectivity index (χ4n) is 3.01. The maximum atomic E-state index is 12.3. The summed E-state index contributed by atoms with van der Waals surface area (Å²) in [5.41, 5.74) is -0.542. The van der Waals surface area contributed by atoms with Crippen LogP contribution >= 0.6 is 0 Å². The topological polar surface area (TPSA) is 79.6 Å². The predicted octanol–water partition coefficient (Wildman–Crippen LogP) is 1.88. The van der Waals surface area contributed by atoms with E-state index in [2.05, 4.69) is 0 Å². The minimum absolute atomic E-state index is 0.0294. The molecule has 2 aliphatic heterocycles. The number of hydrogen-bond acceptors (Lipinski definition) is 5. The third-order valence-electron chi connectivity index (χ3n) is 3.83. The van der Waals surface area contributed by atoms with E-state index < -0.39 is 5.60 Å². The lowest BCUT2D eigenvalue weighted by atomic mass is 9.82. The molecule has 0 radical (unpaired) electrons. The van der Waals surface area contributed by atoms with Crippen molar-refractivity contribution in [3.05, 3.63) is 0 Å². The van der Waals surface area contributed by atoms with E-state index >= 15 is 0 Å². The van der Waals surface area contributed by atoms with E-state index in [4.69, 9.17) is 14.7 Å². The summed E-state index contributed by atoms with van der Waals surface area (Å²) in [5.74, 6) is -0.180. The van der Waals surface area contributed by atoms with Crippen LogP contribution in [0.4, 0.5) is 4.79 Å². The van der Waals surface area contributed by atoms with Crippen LogP contribution in [-0.2, 0) is 14.3 Å². The Hall–Kier alpha value is -1.61. The normalized spacial score (nSPS) is 28.7. The highest BCUT2D eigenvalue weighted by Crippen LogP contribution is 2.33. The van der Waals surface area contributed by atoms with E-state index in [9.17, 15) is 9.59 Å². The molecule has 1 amide bonds. The number of carbonyl (C=O) groups excluding carboxylic acids is 2. The molecule has 2 bridgehead atoms. The number of amides is 1. The van der Waals surface area contributed by atoms with Crippen LogP contribution in [0.25, 0.3) is 0 Å². The van der Waals surface area contributed by atoms with Crippen LogP contribution in [0.5, 0.6) is 0 Å². The van der Waals surface area contributed by atoms with Crippen molar-refractivity contribution in [2.24, 2.45) is 5.92 Å². The fourth-order valence-corrected chi connectivity index (χ4v) is 3.01. The number of nitrogens with zero attached hydrogens (tertiary/aromatic N) is 2. The fraction of sp³-hybridized carbons (Fsp3) is 0.800. The molecular weight excluding hydrogens is 272 g/mol. The predicted molar refractivity (Wildman–Crippen MR) is 74.4 cm³/mol. The quantitative estimate of drug-likeness (QED) is 0.777. The molecule has 21 heavy (non-hydrogen) atoms. The SMILES string of the molecule is CC(C)(C)OC(=O)N1C2COCC1CC(C(=O)CC#N)C2. The second kappa shape index (κ2) is 6.02. The summed E-state index contributed by atoms with van der Waals surface area (Å²) in [7, 11) is 0. The van der Waals surface area contributed by atoms with Crippen LogP contribution in [0.2, 0.25) is 0 Å². The van der Waals surface area contributed by atoms with Crippen molar-refractivity contribution in [3.8, 4) is 6.07 Å². The molecule has 2 unspecified atom stereocenters. The van der Waals surface area contributed by atoms with E-state index in [0.29, 0.717) is 26.1 Å². The number of carbonyl (C=O) groups is 2. The Morgan fingerprint density at radius 1 is 1.29 bits per heavy atom. The average Bonchev–Trinajstić information content (AvgIpc) is 2.35. The summed E-state index contributed by atoms with van der Waals surface area (Å²) >= 11 is 0. The van der Waals surface area contributed by atoms with Crippen LogP contribution < -0.4 is 0 Å². The Morgan fingerprint density at radius 2 is 1.86 bits per heavy atom. The van der Waals surface area contributed by atoms with E-state index in [1.807, 2.05) is 26.8 Å². The largest absolute Gasteiger partial charge is 0.444 e. The van der Waals surface area contributed by atoms with Crippen molar-refractivity contribution in [2.45, 2.75) is 57.7 Å². The molecule has 0 N–H and O–H groups in total. The molecule has 2 aliphatic rings. The van der Waals surface area contributed by atoms with Gasteiger partial charge in [-0.3, -0.25) is 9.69 Å². The highest BCUT2D eigenvalue weighted by atomic mass is 16.6. The van der Waals surface area contributed by atoms with Crippen molar-refractivity contribution < 1.29 is 19.1 Å². The van der Waals surface area contributed by atoms with Crippen LogP contribution in [-0.4, -0.2) is 47.7 Å². The smallest absolute Gasteiger partial charge is 0.410 e. The Kier molecular flexibility index (Phi) is 4.52. The summed E-state index contributed by atoms with van der Waals surface area (Å²) < 4.78 is 11.0. The maximum absolute atomic E-state index is 12.3. The lowest BCUT2D eigenvalue weighted by Gasteiger charge is -2.47. The van der Waals surface area contributed by atoms with Gasteiger partial charge < -0.3 is 9.47 Å². The zero-order chi connectivity index (χ0) is 15.6. The van der Waals surface area contributed by atoms with Gasteiger partial charge in [-0.2, -0.15) is 5.26 Å². The Morgan fingerprint density at radius 3 is 2.33 bits per heavy atom. The number of nitriles is 1. The van der Waals surface area contributed by atoms with Crippen molar-refractivity contribution in [3.63, 3.8) is 0 Å². The van der Waals surface area contributed by atoms with E-state index in [1.54, 1.807) is 4.90 Å². The molecule has 2 fully saturated rings. The first-order chi connectivity index (χ1) is 9.81. The van der Waals surface area contributed by atoms with Crippen LogP contribution in [0.1, 0.15) is 40.0 Å². The van der Waals surface area contributed by atoms with Gasteiger partial charge in [0.05, 0.1) is 37.8 Å². The monoisotopic (exact) mass is 294 g/mol. The number of rotatable bonds is 2. The number of hydrogen-bond donors (Lipinski definition) is 0. The van der Waals surface area contributed by atoms with Gasteiger partial charge in [-0.1, -0.05) is 0 Å². The van der Waals surface area contributed by atoms with Crippen molar-refractivity contribution in [2.75, 3.05) is 13.2 Å². The summed E-state index contributed by atoms with van der Waals surface area (Å²) in [5, 5.41) is 8.66. The molecule has 116 valence electrons. The van der Waals surface area contributed by atoms with Gasteiger partial charge in [-0.15, -0.1) is 0 Å². The molecule has 0 aromatic carbocycles. The van der Waals surface area contributed by atoms with E-state index in [-0.39, 0.29) is 36.3 Å². The molecule has 6 nitrogen and oxygen atoms in total. The van der Waals surface area contributed by atoms with Gasteiger partial charge in [0.15, 0.2) is 0 Å². The highest BCUT2D eigenvalue weighted by Gasteiger charge is 2.44. The number of piperidine rings is 1. The van der Waals surface area contributed by atoms with Gasteiger partial charge in [-0.25, -0.2) is 4.79 Å². The number of Topliss-reactive ketones (excluding diaryl/α,β-unsaturated/α-hetero) is 1. The summed E-state index contributed by atoms with van der Waals surface area (Å²) in [6.45, 7) is 6.35. The molecule has 0 aliphatic carbocycles. The second-order valence-corrected chi connectivity index (χ2v) is 6.70. The molecule has 2 rings (SSSR count). The lowest BCUT2D eigenvalue weighted by Crippen LogP contribution is -2.60. The molecular formula is C15H22N2O4. The molecule has 2 saturated heterocycles. The zero-order valence-corrected chi connectivity index (χ0v) is 12.8. The number of fused-ring (bicyclic) bond motifs is 2. The molecule has 0 saturated carbocycles. The van der Waals surface area contributed by atoms with Crippen molar-refractivity contribution in [1.29, 1.82) is 5.26 Å². The van der Waals surface area contributed by atoms with Gasteiger partial charge >= 0.3 is 6.09 Å². The molecule has 0 aromatic rings. The zero-order valence-electron chi connectivity index (χ0n) is 12.8. The molecule has 6 heteroatoms. The first-order valence-electron chi connectivity index (χ1n) is 7.30. The average molecular weight is 294 g/mol. The van der Waals surface area contributed by atoms with Crippen molar-refractivity contribution >= 4 is 11.9 Å². The Balaban J connectivity index is 2.08. The minimum Gasteiger partial charge on any atom is -0.444 e. The molecule has 0 spiro atoms. The third kappa shape index (κ3) is 3.73. The van der Waals surface area contributed by atoms with Gasteiger partial charge in [-0.05, 0) is 33.6 Å². The van der Waals surface area contributed by atoms with Gasteiger partial charge in [0.25, 0.3) is 0 Å². The standard InChI is InChI=1S/C15H22N2O4/c1-15(2,3)21-14(19)17-11-6-10(13(18)4-5-16)7-12(17)9-20-8-11/h10-12H,4,6-9H2,1-3H3. The summed E-state index contributed by atoms with van der Waals surface area (Å²) in [6.07, 6.45) is 0.705. The number of ketones is 1. The van der Waals surface area contributed by atoms with Gasteiger partial charge in [0, 0.05) is 5.92 Å². The number of ether oxygens (including phenoxy) is 2. The lowest BCUT2D eigenvalue weighted by molar-refractivity contribution is -0.131. The molecule has 2 atom stereocenters. The summed E-state index contributed by atoms with van der Waals surface area (Å²) in [4.78, 5) is 26.0. The van der Waals surface area contributed by atoms with Gasteiger partial charge in [0.1, 0.15) is 11.4 Å². The molecule has 0 aromatic heterocycles. The Labute approximate surface area is 125 Å². The first kappa shape index (κ1) is 15.8. The van der Waals surface area contributed by atoms with E-state index in [1.165, 1.54) is 0 Å². The van der Waals surface area contributed by atoms with Crippen LogP contribution in [0.3, 0.4) is 0 Å². The summed E-state index contributed by atoms with van der Waals surface area (Å²) in [6, 6.07) is 1.63. The van der Waals surface area contributed by atoms with Crippen LogP contribution in [0.15, 0.2) is 0 Å². The second-order valence-electron chi connectivity index (χ2n) is 6.70. The minimum atomic E-state index is -0.542. The third-order valence-corrected chi connectivity index (χ3v) is 3.83.